The Bertz CT molecular complexity index is 344. The summed E-state index contributed by atoms with van der Waals surface area (Å²) in [6.07, 6.45) is -0.507. The highest BCUT2D eigenvalue weighted by Gasteiger charge is 2.36. The average Bonchev–Trinajstić information content (AvgIpc) is 2.14. The van der Waals surface area contributed by atoms with Crippen molar-refractivity contribution in [2.45, 2.75) is 32.8 Å². The van der Waals surface area contributed by atoms with Crippen molar-refractivity contribution >= 4 is 17.8 Å². The van der Waals surface area contributed by atoms with Crippen molar-refractivity contribution < 1.29 is 24.2 Å². The van der Waals surface area contributed by atoms with Gasteiger partial charge in [-0.2, -0.15) is 0 Å². The van der Waals surface area contributed by atoms with Crippen molar-refractivity contribution in [2.75, 3.05) is 13.1 Å². The molecule has 1 rings (SSSR count). The van der Waals surface area contributed by atoms with E-state index in [1.807, 2.05) is 0 Å². The molecule has 0 aromatic rings. The molecular weight excluding hydrogens is 226 g/mol. The van der Waals surface area contributed by atoms with Gasteiger partial charge in [-0.1, -0.05) is 0 Å². The summed E-state index contributed by atoms with van der Waals surface area (Å²) in [6.45, 7) is 5.30. The molecule has 6 heteroatoms. The van der Waals surface area contributed by atoms with Gasteiger partial charge in [0.1, 0.15) is 11.5 Å². The lowest BCUT2D eigenvalue weighted by molar-refractivity contribution is -0.148. The predicted octanol–water partition coefficient (Wildman–Crippen LogP) is 0.897. The average molecular weight is 243 g/mol. The number of hydrogen-bond donors (Lipinski definition) is 1. The summed E-state index contributed by atoms with van der Waals surface area (Å²) in [5, 5.41) is 8.84. The zero-order valence-corrected chi connectivity index (χ0v) is 10.2. The molecule has 0 aromatic carbocycles. The smallest absolute Gasteiger partial charge is 0.410 e. The van der Waals surface area contributed by atoms with Gasteiger partial charge in [0, 0.05) is 19.5 Å². The Morgan fingerprint density at radius 2 is 2.00 bits per heavy atom. The molecule has 1 aliphatic rings. The molecule has 1 amide bonds. The summed E-state index contributed by atoms with van der Waals surface area (Å²) in [5.74, 6) is -2.66. The van der Waals surface area contributed by atoms with E-state index in [0.717, 1.165) is 0 Å². The normalized spacial score (nSPS) is 21.2. The third-order valence-corrected chi connectivity index (χ3v) is 2.37. The molecule has 0 saturated carbocycles. The second-order valence-electron chi connectivity index (χ2n) is 5.03. The minimum Gasteiger partial charge on any atom is -0.481 e. The highest BCUT2D eigenvalue weighted by atomic mass is 16.6. The van der Waals surface area contributed by atoms with Gasteiger partial charge in [-0.15, -0.1) is 0 Å². The third-order valence-electron chi connectivity index (χ3n) is 2.37. The molecule has 0 radical (unpaired) electrons. The van der Waals surface area contributed by atoms with Crippen LogP contribution in [0.1, 0.15) is 27.2 Å². The second-order valence-corrected chi connectivity index (χ2v) is 5.03. The fourth-order valence-corrected chi connectivity index (χ4v) is 1.54. The Hall–Kier alpha value is -1.59. The standard InChI is InChI=1S/C11H17NO5/c1-11(2,3)17-10(16)12-5-4-8(13)7(6-12)9(14)15/h7H,4-6H2,1-3H3,(H,14,15)/t7-/m1/s1. The fraction of sp³-hybridized carbons (Fsp3) is 0.727. The van der Waals surface area contributed by atoms with Crippen LogP contribution >= 0.6 is 0 Å². The van der Waals surface area contributed by atoms with Crippen molar-refractivity contribution in [3.63, 3.8) is 0 Å². The van der Waals surface area contributed by atoms with Crippen LogP contribution in [-0.4, -0.2) is 46.5 Å². The van der Waals surface area contributed by atoms with E-state index >= 15 is 0 Å². The third kappa shape index (κ3) is 3.72. The van der Waals surface area contributed by atoms with Crippen molar-refractivity contribution in [1.29, 1.82) is 0 Å². The van der Waals surface area contributed by atoms with Crippen molar-refractivity contribution in [3.05, 3.63) is 0 Å². The van der Waals surface area contributed by atoms with Gasteiger partial charge in [0.05, 0.1) is 0 Å². The molecule has 96 valence electrons. The first-order chi connectivity index (χ1) is 7.70. The quantitative estimate of drug-likeness (QED) is 0.691. The van der Waals surface area contributed by atoms with Crippen LogP contribution in [0.5, 0.6) is 0 Å². The zero-order chi connectivity index (χ0) is 13.2. The van der Waals surface area contributed by atoms with E-state index in [0.29, 0.717) is 0 Å². The first-order valence-electron chi connectivity index (χ1n) is 5.44. The first-order valence-corrected chi connectivity index (χ1v) is 5.44. The maximum Gasteiger partial charge on any atom is 0.410 e. The lowest BCUT2D eigenvalue weighted by Crippen LogP contribution is -2.48. The van der Waals surface area contributed by atoms with Crippen LogP contribution in [-0.2, 0) is 14.3 Å². The lowest BCUT2D eigenvalue weighted by atomic mass is 9.97. The van der Waals surface area contributed by atoms with Crippen LogP contribution in [0.25, 0.3) is 0 Å². The number of rotatable bonds is 1. The van der Waals surface area contributed by atoms with E-state index in [1.54, 1.807) is 20.8 Å². The van der Waals surface area contributed by atoms with Gasteiger partial charge >= 0.3 is 12.1 Å². The summed E-state index contributed by atoms with van der Waals surface area (Å²) < 4.78 is 5.12. The Labute approximate surface area is 99.5 Å². The van der Waals surface area contributed by atoms with Crippen LogP contribution in [0.4, 0.5) is 4.79 Å². The predicted molar refractivity (Wildman–Crippen MR) is 58.6 cm³/mol. The van der Waals surface area contributed by atoms with Crippen LogP contribution in [0, 0.1) is 5.92 Å². The van der Waals surface area contributed by atoms with E-state index in [1.165, 1.54) is 4.90 Å². The summed E-state index contributed by atoms with van der Waals surface area (Å²) in [4.78, 5) is 35.1. The van der Waals surface area contributed by atoms with Gasteiger partial charge in [0.25, 0.3) is 0 Å². The molecule has 6 nitrogen and oxygen atoms in total. The molecule has 1 aliphatic heterocycles. The van der Waals surface area contributed by atoms with Gasteiger partial charge in [0.2, 0.25) is 0 Å². The molecule has 0 bridgehead atoms. The number of Topliss-reactive ketones (excluding diaryl/α,β-unsaturated/α-hetero) is 1. The number of ether oxygens (including phenoxy) is 1. The van der Waals surface area contributed by atoms with Gasteiger partial charge in [-0.3, -0.25) is 9.59 Å². The molecule has 0 aromatic heterocycles. The number of ketones is 1. The SMILES string of the molecule is CC(C)(C)OC(=O)N1CCC(=O)[C@H](C(=O)O)C1. The van der Waals surface area contributed by atoms with Gasteiger partial charge in [-0.25, -0.2) is 4.79 Å². The summed E-state index contributed by atoms with van der Waals surface area (Å²) in [5.41, 5.74) is -0.628. The van der Waals surface area contributed by atoms with Crippen LogP contribution in [0.3, 0.4) is 0 Å². The molecule has 1 saturated heterocycles. The zero-order valence-electron chi connectivity index (χ0n) is 10.2. The fourth-order valence-electron chi connectivity index (χ4n) is 1.54. The number of carboxylic acids is 1. The lowest BCUT2D eigenvalue weighted by Gasteiger charge is -2.31. The maximum absolute atomic E-state index is 11.7. The molecule has 1 N–H and O–H groups in total. The summed E-state index contributed by atoms with van der Waals surface area (Å²) >= 11 is 0. The summed E-state index contributed by atoms with van der Waals surface area (Å²) in [7, 11) is 0. The second kappa shape index (κ2) is 4.73. The highest BCUT2D eigenvalue weighted by molar-refractivity contribution is 5.99. The minimum absolute atomic E-state index is 0.0657. The topological polar surface area (TPSA) is 83.9 Å². The molecular formula is C11H17NO5. The van der Waals surface area contributed by atoms with Crippen molar-refractivity contribution in [3.8, 4) is 0 Å². The summed E-state index contributed by atoms with van der Waals surface area (Å²) in [6, 6.07) is 0. The van der Waals surface area contributed by atoms with E-state index in [2.05, 4.69) is 0 Å². The number of carboxylic acid groups (broad SMARTS) is 1. The van der Waals surface area contributed by atoms with E-state index < -0.39 is 23.6 Å². The number of carbonyl (C=O) groups is 3. The highest BCUT2D eigenvalue weighted by Crippen LogP contribution is 2.17. The number of piperidine rings is 1. The Morgan fingerprint density at radius 1 is 1.41 bits per heavy atom. The minimum atomic E-state index is -1.19. The number of likely N-dealkylation sites (tertiary alicyclic amines) is 1. The molecule has 1 heterocycles. The van der Waals surface area contributed by atoms with Crippen molar-refractivity contribution in [2.24, 2.45) is 5.92 Å². The number of carbonyl (C=O) groups excluding carboxylic acids is 2. The van der Waals surface area contributed by atoms with Crippen LogP contribution < -0.4 is 0 Å². The van der Waals surface area contributed by atoms with Crippen LogP contribution in [0.2, 0.25) is 0 Å². The molecule has 0 aliphatic carbocycles. The Balaban J connectivity index is 2.65. The maximum atomic E-state index is 11.7. The number of aliphatic carboxylic acids is 1. The van der Waals surface area contributed by atoms with Crippen LogP contribution in [0.15, 0.2) is 0 Å². The molecule has 0 spiro atoms. The Kier molecular flexibility index (Phi) is 3.75. The van der Waals surface area contributed by atoms with E-state index in [4.69, 9.17) is 9.84 Å². The molecule has 1 atom stereocenters. The van der Waals surface area contributed by atoms with Gasteiger partial charge in [0.15, 0.2) is 5.78 Å². The number of hydrogen-bond acceptors (Lipinski definition) is 4. The monoisotopic (exact) mass is 243 g/mol. The molecule has 0 unspecified atom stereocenters. The molecule has 1 fully saturated rings. The Morgan fingerprint density at radius 3 is 2.47 bits per heavy atom. The largest absolute Gasteiger partial charge is 0.481 e. The number of amides is 1. The molecule has 17 heavy (non-hydrogen) atoms. The van der Waals surface area contributed by atoms with E-state index in [9.17, 15) is 14.4 Å². The first kappa shape index (κ1) is 13.5. The van der Waals surface area contributed by atoms with Gasteiger partial charge < -0.3 is 14.7 Å². The van der Waals surface area contributed by atoms with Crippen molar-refractivity contribution in [1.82, 2.24) is 4.90 Å². The van der Waals surface area contributed by atoms with Gasteiger partial charge in [-0.05, 0) is 20.8 Å². The van der Waals surface area contributed by atoms with E-state index in [-0.39, 0.29) is 25.3 Å². The number of nitrogens with zero attached hydrogens (tertiary/aromatic N) is 1.